The molecule has 0 atom stereocenters. The second-order valence-corrected chi connectivity index (χ2v) is 5.51. The number of hydrogen-bond acceptors (Lipinski definition) is 4. The van der Waals surface area contributed by atoms with Crippen LogP contribution in [0.1, 0.15) is 16.7 Å². The number of benzene rings is 2. The van der Waals surface area contributed by atoms with E-state index in [-0.39, 0.29) is 17.4 Å². The second kappa shape index (κ2) is 10.3. The maximum absolute atomic E-state index is 12.6. The van der Waals surface area contributed by atoms with Gasteiger partial charge in [-0.15, -0.1) is 0 Å². The summed E-state index contributed by atoms with van der Waals surface area (Å²) in [5, 5.41) is 2.76. The molecule has 27 heavy (non-hydrogen) atoms. The number of methoxy groups -OCH3 is 2. The van der Waals surface area contributed by atoms with Gasteiger partial charge in [-0.3, -0.25) is 4.79 Å². The van der Waals surface area contributed by atoms with Crippen molar-refractivity contribution in [1.82, 2.24) is 5.32 Å². The Hall–Kier alpha value is -2.93. The van der Waals surface area contributed by atoms with Crippen LogP contribution in [-0.2, 0) is 22.7 Å². The van der Waals surface area contributed by atoms with Gasteiger partial charge in [-0.25, -0.2) is 0 Å². The molecule has 144 valence electrons. The van der Waals surface area contributed by atoms with Crippen LogP contribution in [0.5, 0.6) is 11.5 Å². The van der Waals surface area contributed by atoms with Gasteiger partial charge in [0.2, 0.25) is 5.91 Å². The molecule has 0 spiro atoms. The summed E-state index contributed by atoms with van der Waals surface area (Å²) >= 11 is 0. The van der Waals surface area contributed by atoms with E-state index in [1.165, 1.54) is 25.3 Å². The maximum Gasteiger partial charge on any atom is 0.387 e. The molecular weight excluding hydrogens is 356 g/mol. The Morgan fingerprint density at radius 3 is 2.52 bits per heavy atom. The van der Waals surface area contributed by atoms with Crippen LogP contribution in [0.25, 0.3) is 6.08 Å². The summed E-state index contributed by atoms with van der Waals surface area (Å²) in [6, 6.07) is 12.3. The first-order valence-corrected chi connectivity index (χ1v) is 8.18. The smallest absolute Gasteiger partial charge is 0.387 e. The number of carbonyl (C=O) groups excluding carboxylic acids is 1. The van der Waals surface area contributed by atoms with E-state index in [1.54, 1.807) is 19.2 Å². The summed E-state index contributed by atoms with van der Waals surface area (Å²) in [4.78, 5) is 12.1. The molecule has 0 aliphatic rings. The van der Waals surface area contributed by atoms with Gasteiger partial charge in [-0.05, 0) is 23.3 Å². The van der Waals surface area contributed by atoms with Crippen LogP contribution < -0.4 is 14.8 Å². The number of halogens is 2. The van der Waals surface area contributed by atoms with E-state index in [0.717, 1.165) is 11.1 Å². The van der Waals surface area contributed by atoms with Crippen molar-refractivity contribution in [2.75, 3.05) is 14.2 Å². The van der Waals surface area contributed by atoms with Gasteiger partial charge >= 0.3 is 6.61 Å². The molecule has 0 aromatic heterocycles. The molecule has 0 fully saturated rings. The number of rotatable bonds is 9. The Kier molecular flexibility index (Phi) is 7.76. The largest absolute Gasteiger partial charge is 0.493 e. The number of ether oxygens (including phenoxy) is 3. The van der Waals surface area contributed by atoms with E-state index in [2.05, 4.69) is 10.1 Å². The minimum Gasteiger partial charge on any atom is -0.493 e. The second-order valence-electron chi connectivity index (χ2n) is 5.51. The van der Waals surface area contributed by atoms with Crippen molar-refractivity contribution in [3.05, 3.63) is 65.2 Å². The van der Waals surface area contributed by atoms with Crippen molar-refractivity contribution >= 4 is 12.0 Å². The number of alkyl halides is 2. The average molecular weight is 377 g/mol. The first kappa shape index (κ1) is 20.4. The van der Waals surface area contributed by atoms with Gasteiger partial charge in [0.25, 0.3) is 0 Å². The highest BCUT2D eigenvalue weighted by atomic mass is 19.3. The summed E-state index contributed by atoms with van der Waals surface area (Å²) in [6.45, 7) is -2.24. The Morgan fingerprint density at radius 1 is 1.11 bits per heavy atom. The normalized spacial score (nSPS) is 11.0. The molecule has 0 radical (unpaired) electrons. The van der Waals surface area contributed by atoms with Crippen LogP contribution in [0.2, 0.25) is 0 Å². The zero-order valence-electron chi connectivity index (χ0n) is 15.1. The molecule has 0 bridgehead atoms. The lowest BCUT2D eigenvalue weighted by molar-refractivity contribution is -0.116. The summed E-state index contributed by atoms with van der Waals surface area (Å²) in [5.74, 6) is -0.330. The van der Waals surface area contributed by atoms with Crippen molar-refractivity contribution in [2.45, 2.75) is 19.8 Å². The monoisotopic (exact) mass is 377 g/mol. The van der Waals surface area contributed by atoms with Gasteiger partial charge in [-0.2, -0.15) is 8.78 Å². The van der Waals surface area contributed by atoms with Crippen LogP contribution in [0.3, 0.4) is 0 Å². The third kappa shape index (κ3) is 6.07. The third-order valence-corrected chi connectivity index (χ3v) is 3.72. The standard InChI is InChI=1S/C20H21F2NO4/c1-25-13-16-7-4-3-6-15(16)12-23-18(24)11-10-14-8-5-9-17(26-2)19(14)27-20(21)22/h3-11,20H,12-13H2,1-2H3,(H,23,24)/b11-10+. The third-order valence-electron chi connectivity index (χ3n) is 3.72. The van der Waals surface area contributed by atoms with Gasteiger partial charge in [0.05, 0.1) is 13.7 Å². The molecule has 0 heterocycles. The fourth-order valence-corrected chi connectivity index (χ4v) is 2.47. The van der Waals surface area contributed by atoms with Crippen LogP contribution >= 0.6 is 0 Å². The maximum atomic E-state index is 12.6. The molecule has 7 heteroatoms. The van der Waals surface area contributed by atoms with E-state index in [4.69, 9.17) is 9.47 Å². The minimum atomic E-state index is -3.00. The molecular formula is C20H21F2NO4. The van der Waals surface area contributed by atoms with E-state index < -0.39 is 6.61 Å². The number of nitrogens with one attached hydrogen (secondary N) is 1. The summed E-state index contributed by atoms with van der Waals surface area (Å²) < 4.78 is 39.9. The molecule has 0 unspecified atom stereocenters. The SMILES string of the molecule is COCc1ccccc1CNC(=O)/C=C/c1cccc(OC)c1OC(F)F. The molecule has 2 aromatic carbocycles. The highest BCUT2D eigenvalue weighted by Crippen LogP contribution is 2.33. The molecule has 1 N–H and O–H groups in total. The lowest BCUT2D eigenvalue weighted by Gasteiger charge is -2.12. The predicted octanol–water partition coefficient (Wildman–Crippen LogP) is 3.77. The van der Waals surface area contributed by atoms with Crippen LogP contribution in [0, 0.1) is 0 Å². The topological polar surface area (TPSA) is 56.8 Å². The zero-order valence-corrected chi connectivity index (χ0v) is 15.1. The van der Waals surface area contributed by atoms with Crippen molar-refractivity contribution in [1.29, 1.82) is 0 Å². The quantitative estimate of drug-likeness (QED) is 0.676. The summed E-state index contributed by atoms with van der Waals surface area (Å²) in [5.41, 5.74) is 2.22. The Bertz CT molecular complexity index is 793. The fraction of sp³-hybridized carbons (Fsp3) is 0.250. The summed E-state index contributed by atoms with van der Waals surface area (Å²) in [6.07, 6.45) is 2.66. The van der Waals surface area contributed by atoms with Crippen LogP contribution in [0.15, 0.2) is 48.5 Å². The number of carbonyl (C=O) groups is 1. The molecule has 5 nitrogen and oxygen atoms in total. The van der Waals surface area contributed by atoms with Crippen molar-refractivity contribution in [3.8, 4) is 11.5 Å². The number of hydrogen-bond donors (Lipinski definition) is 1. The molecule has 2 rings (SSSR count). The van der Waals surface area contributed by atoms with Crippen molar-refractivity contribution in [3.63, 3.8) is 0 Å². The van der Waals surface area contributed by atoms with Crippen LogP contribution in [0.4, 0.5) is 8.78 Å². The van der Waals surface area contributed by atoms with E-state index in [1.807, 2.05) is 24.3 Å². The lowest BCUT2D eigenvalue weighted by atomic mass is 10.1. The predicted molar refractivity (Wildman–Crippen MR) is 97.7 cm³/mol. The zero-order chi connectivity index (χ0) is 19.6. The summed E-state index contributed by atoms with van der Waals surface area (Å²) in [7, 11) is 2.95. The fourth-order valence-electron chi connectivity index (χ4n) is 2.47. The van der Waals surface area contributed by atoms with Crippen molar-refractivity contribution in [2.24, 2.45) is 0 Å². The first-order chi connectivity index (χ1) is 13.0. The average Bonchev–Trinajstić information content (AvgIpc) is 2.66. The van der Waals surface area contributed by atoms with Gasteiger partial charge in [0, 0.05) is 25.3 Å². The highest BCUT2D eigenvalue weighted by Gasteiger charge is 2.14. The van der Waals surface area contributed by atoms with Gasteiger partial charge in [0.1, 0.15) is 0 Å². The Morgan fingerprint density at radius 2 is 1.85 bits per heavy atom. The van der Waals surface area contributed by atoms with Crippen LogP contribution in [-0.4, -0.2) is 26.7 Å². The minimum absolute atomic E-state index is 0.121. The van der Waals surface area contributed by atoms with Gasteiger partial charge < -0.3 is 19.5 Å². The highest BCUT2D eigenvalue weighted by molar-refractivity contribution is 5.92. The first-order valence-electron chi connectivity index (χ1n) is 8.18. The molecule has 0 saturated heterocycles. The Labute approximate surface area is 156 Å². The lowest BCUT2D eigenvalue weighted by Crippen LogP contribution is -2.21. The molecule has 0 aliphatic carbocycles. The van der Waals surface area contributed by atoms with Gasteiger partial charge in [-0.1, -0.05) is 36.4 Å². The van der Waals surface area contributed by atoms with E-state index >= 15 is 0 Å². The molecule has 0 saturated carbocycles. The molecule has 0 aliphatic heterocycles. The van der Waals surface area contributed by atoms with Gasteiger partial charge in [0.15, 0.2) is 11.5 Å². The Balaban J connectivity index is 2.07. The van der Waals surface area contributed by atoms with E-state index in [9.17, 15) is 13.6 Å². The van der Waals surface area contributed by atoms with Crippen molar-refractivity contribution < 1.29 is 27.8 Å². The number of amides is 1. The molecule has 1 amide bonds. The number of para-hydroxylation sites is 1. The molecule has 2 aromatic rings. The van der Waals surface area contributed by atoms with E-state index in [0.29, 0.717) is 18.7 Å².